The highest BCUT2D eigenvalue weighted by Gasteiger charge is 2.21. The third kappa shape index (κ3) is 0.856. The fourth-order valence-electron chi connectivity index (χ4n) is 0.465. The van der Waals surface area contributed by atoms with Crippen LogP contribution in [0.3, 0.4) is 0 Å². The van der Waals surface area contributed by atoms with Crippen molar-refractivity contribution < 1.29 is 0 Å². The van der Waals surface area contributed by atoms with Crippen LogP contribution in [0.2, 0.25) is 0 Å². The first-order chi connectivity index (χ1) is 3.34. The molecule has 1 fully saturated rings. The number of nitrogens with zero attached hydrogens (tertiary/aromatic N) is 1. The van der Waals surface area contributed by atoms with Crippen LogP contribution in [0, 0.1) is 5.41 Å². The van der Waals surface area contributed by atoms with E-state index < -0.39 is 0 Å². The van der Waals surface area contributed by atoms with Crippen LogP contribution in [0.4, 0.5) is 0 Å². The first kappa shape index (κ1) is 4.50. The van der Waals surface area contributed by atoms with Crippen LogP contribution < -0.4 is 0 Å². The third-order valence-electron chi connectivity index (χ3n) is 0.917. The number of nitrogens with one attached hydrogen (secondary N) is 1. The van der Waals surface area contributed by atoms with Gasteiger partial charge in [-0.1, -0.05) is 0 Å². The second kappa shape index (κ2) is 1.45. The molecule has 0 aromatic heterocycles. The molecule has 0 aromatic carbocycles. The smallest absolute Gasteiger partial charge is 0.0619 e. The van der Waals surface area contributed by atoms with Crippen molar-refractivity contribution in [3.8, 4) is 0 Å². The van der Waals surface area contributed by atoms with Gasteiger partial charge in [0.05, 0.1) is 11.4 Å². The van der Waals surface area contributed by atoms with Crippen molar-refractivity contribution in [2.24, 2.45) is 4.99 Å². The Morgan fingerprint density at radius 1 is 1.86 bits per heavy atom. The lowest BCUT2D eigenvalue weighted by Gasteiger charge is -1.69. The molecule has 0 unspecified atom stereocenters. The molecule has 1 saturated carbocycles. The maximum absolute atomic E-state index is 6.94. The largest absolute Gasteiger partial charge is 0.303 e. The minimum Gasteiger partial charge on any atom is -0.303 e. The van der Waals surface area contributed by atoms with Gasteiger partial charge in [-0.15, -0.1) is 0 Å². The quantitative estimate of drug-likeness (QED) is 0.503. The summed E-state index contributed by atoms with van der Waals surface area (Å²) in [5.74, 6) is 0. The van der Waals surface area contributed by atoms with E-state index in [0.717, 1.165) is 24.4 Å². The van der Waals surface area contributed by atoms with E-state index in [1.807, 2.05) is 6.92 Å². The standard InChI is InChI=1S/C5H8N2/c1-2-7-5-3-4(5)6/h6H,2-3H2,1H3. The highest BCUT2D eigenvalue weighted by atomic mass is 14.8. The topological polar surface area (TPSA) is 36.2 Å². The molecular formula is C5H8N2. The zero-order valence-electron chi connectivity index (χ0n) is 4.36. The van der Waals surface area contributed by atoms with Gasteiger partial charge in [-0.05, 0) is 6.92 Å². The molecule has 38 valence electrons. The first-order valence-corrected chi connectivity index (χ1v) is 2.45. The van der Waals surface area contributed by atoms with Crippen molar-refractivity contribution >= 4 is 11.4 Å². The summed E-state index contributed by atoms with van der Waals surface area (Å²) in [6, 6.07) is 0. The molecule has 0 amide bonds. The van der Waals surface area contributed by atoms with Gasteiger partial charge in [0.2, 0.25) is 0 Å². The highest BCUT2D eigenvalue weighted by molar-refractivity contribution is 6.61. The molecule has 0 aliphatic heterocycles. The number of hydrogen-bond donors (Lipinski definition) is 1. The first-order valence-electron chi connectivity index (χ1n) is 2.45. The summed E-state index contributed by atoms with van der Waals surface area (Å²) in [5, 5.41) is 6.94. The van der Waals surface area contributed by atoms with Gasteiger partial charge in [0.1, 0.15) is 0 Å². The van der Waals surface area contributed by atoms with Gasteiger partial charge < -0.3 is 5.41 Å². The van der Waals surface area contributed by atoms with Crippen molar-refractivity contribution in [2.75, 3.05) is 6.54 Å². The van der Waals surface area contributed by atoms with Crippen LogP contribution in [0.5, 0.6) is 0 Å². The predicted octanol–water partition coefficient (Wildman–Crippen LogP) is 0.871. The molecule has 1 rings (SSSR count). The summed E-state index contributed by atoms with van der Waals surface area (Å²) < 4.78 is 0. The van der Waals surface area contributed by atoms with E-state index >= 15 is 0 Å². The minimum absolute atomic E-state index is 0.724. The van der Waals surface area contributed by atoms with Gasteiger partial charge in [-0.2, -0.15) is 0 Å². The van der Waals surface area contributed by atoms with Gasteiger partial charge in [0, 0.05) is 13.0 Å². The van der Waals surface area contributed by atoms with Crippen LogP contribution in [0.25, 0.3) is 0 Å². The summed E-state index contributed by atoms with van der Waals surface area (Å²) in [4.78, 5) is 4.01. The molecule has 0 heterocycles. The molecule has 1 aliphatic rings. The minimum atomic E-state index is 0.724. The average molecular weight is 96.1 g/mol. The molecule has 2 nitrogen and oxygen atoms in total. The number of aliphatic imine (C=N–C) groups is 1. The Labute approximate surface area is 42.8 Å². The van der Waals surface area contributed by atoms with E-state index in [0.29, 0.717) is 0 Å². The molecular weight excluding hydrogens is 88.1 g/mol. The molecule has 2 heteroatoms. The third-order valence-corrected chi connectivity index (χ3v) is 0.917. The Kier molecular flexibility index (Phi) is 0.929. The SMILES string of the molecule is CCN=C1CC1=N. The van der Waals surface area contributed by atoms with Gasteiger partial charge in [-0.3, -0.25) is 4.99 Å². The van der Waals surface area contributed by atoms with E-state index in [4.69, 9.17) is 5.41 Å². The van der Waals surface area contributed by atoms with Crippen LogP contribution in [-0.2, 0) is 0 Å². The fraction of sp³-hybridized carbons (Fsp3) is 0.600. The van der Waals surface area contributed by atoms with Gasteiger partial charge >= 0.3 is 0 Å². The van der Waals surface area contributed by atoms with Crippen molar-refractivity contribution in [3.63, 3.8) is 0 Å². The summed E-state index contributed by atoms with van der Waals surface area (Å²) >= 11 is 0. The summed E-state index contributed by atoms with van der Waals surface area (Å²) in [7, 11) is 0. The van der Waals surface area contributed by atoms with Crippen LogP contribution >= 0.6 is 0 Å². The van der Waals surface area contributed by atoms with E-state index in [-0.39, 0.29) is 0 Å². The van der Waals surface area contributed by atoms with E-state index in [9.17, 15) is 0 Å². The zero-order chi connectivity index (χ0) is 5.28. The molecule has 1 aliphatic carbocycles. The summed E-state index contributed by atoms with van der Waals surface area (Å²) in [5.41, 5.74) is 1.73. The highest BCUT2D eigenvalue weighted by Crippen LogP contribution is 2.08. The molecule has 1 N–H and O–H groups in total. The number of hydrogen-bond acceptors (Lipinski definition) is 2. The van der Waals surface area contributed by atoms with E-state index in [1.54, 1.807) is 0 Å². The van der Waals surface area contributed by atoms with Crippen molar-refractivity contribution in [3.05, 3.63) is 0 Å². The molecule has 0 saturated heterocycles. The van der Waals surface area contributed by atoms with Gasteiger partial charge in [0.15, 0.2) is 0 Å². The summed E-state index contributed by atoms with van der Waals surface area (Å²) in [6.45, 7) is 2.82. The Bertz CT molecular complexity index is 124. The molecule has 0 radical (unpaired) electrons. The Morgan fingerprint density at radius 2 is 2.43 bits per heavy atom. The van der Waals surface area contributed by atoms with Crippen molar-refractivity contribution in [2.45, 2.75) is 13.3 Å². The fourth-order valence-corrected chi connectivity index (χ4v) is 0.465. The molecule has 0 bridgehead atoms. The second-order valence-corrected chi connectivity index (χ2v) is 1.58. The average Bonchev–Trinajstić information content (AvgIpc) is 2.22. The van der Waals surface area contributed by atoms with E-state index in [2.05, 4.69) is 4.99 Å². The molecule has 7 heavy (non-hydrogen) atoms. The van der Waals surface area contributed by atoms with Gasteiger partial charge in [0.25, 0.3) is 0 Å². The maximum Gasteiger partial charge on any atom is 0.0619 e. The monoisotopic (exact) mass is 96.1 g/mol. The lowest BCUT2D eigenvalue weighted by atomic mass is 10.7. The predicted molar refractivity (Wildman–Crippen MR) is 30.3 cm³/mol. The second-order valence-electron chi connectivity index (χ2n) is 1.58. The normalized spacial score (nSPS) is 23.6. The zero-order valence-corrected chi connectivity index (χ0v) is 4.36. The number of rotatable bonds is 1. The lowest BCUT2D eigenvalue weighted by Crippen LogP contribution is -1.72. The lowest BCUT2D eigenvalue weighted by molar-refractivity contribution is 1.14. The molecule has 0 aromatic rings. The Balaban J connectivity index is 2.44. The van der Waals surface area contributed by atoms with Crippen LogP contribution in [0.1, 0.15) is 13.3 Å². The Morgan fingerprint density at radius 3 is 2.57 bits per heavy atom. The summed E-state index contributed by atoms with van der Waals surface area (Å²) in [6.07, 6.45) is 0.841. The van der Waals surface area contributed by atoms with Gasteiger partial charge in [-0.25, -0.2) is 0 Å². The molecule has 0 spiro atoms. The van der Waals surface area contributed by atoms with Crippen LogP contribution in [0.15, 0.2) is 4.99 Å². The Hall–Kier alpha value is -0.660. The van der Waals surface area contributed by atoms with Crippen molar-refractivity contribution in [1.29, 1.82) is 5.41 Å². The maximum atomic E-state index is 6.94. The van der Waals surface area contributed by atoms with Crippen molar-refractivity contribution in [1.82, 2.24) is 0 Å². The van der Waals surface area contributed by atoms with E-state index in [1.165, 1.54) is 0 Å². The van der Waals surface area contributed by atoms with Crippen LogP contribution in [-0.4, -0.2) is 18.0 Å². The molecule has 0 atom stereocenters.